The molecule has 3 aromatic rings. The molecule has 118 valence electrons. The van der Waals surface area contributed by atoms with Gasteiger partial charge in [0.1, 0.15) is 17.6 Å². The molecule has 0 saturated carbocycles. The predicted octanol–water partition coefficient (Wildman–Crippen LogP) is 4.06. The van der Waals surface area contributed by atoms with Gasteiger partial charge >= 0.3 is 0 Å². The second kappa shape index (κ2) is 7.25. The number of aromatic nitrogens is 2. The van der Waals surface area contributed by atoms with E-state index < -0.39 is 0 Å². The zero-order chi connectivity index (χ0) is 16.8. The van der Waals surface area contributed by atoms with Gasteiger partial charge in [0.05, 0.1) is 0 Å². The van der Waals surface area contributed by atoms with E-state index in [1.54, 1.807) is 6.20 Å². The molecule has 1 heterocycles. The fourth-order valence-electron chi connectivity index (χ4n) is 2.27. The van der Waals surface area contributed by atoms with E-state index in [9.17, 15) is 0 Å². The molecule has 0 amide bonds. The van der Waals surface area contributed by atoms with E-state index in [1.807, 2.05) is 61.5 Å². The number of nitrogens with one attached hydrogen (secondary N) is 1. The Morgan fingerprint density at radius 1 is 1.00 bits per heavy atom. The van der Waals surface area contributed by atoms with Crippen LogP contribution in [0.15, 0.2) is 60.9 Å². The molecule has 5 nitrogen and oxygen atoms in total. The van der Waals surface area contributed by atoms with Crippen LogP contribution in [-0.2, 0) is 6.54 Å². The predicted molar refractivity (Wildman–Crippen MR) is 91.8 cm³/mol. The third kappa shape index (κ3) is 3.50. The zero-order valence-electron chi connectivity index (χ0n) is 13.2. The molecule has 0 aliphatic heterocycles. The number of benzene rings is 2. The Hall–Kier alpha value is -3.39. The van der Waals surface area contributed by atoms with Crippen LogP contribution in [0.1, 0.15) is 16.8 Å². The Bertz CT molecular complexity index is 886. The standard InChI is InChI=1S/C19H16N4O/c1-14-6-2-4-8-17(14)24-18-9-5-3-7-15(18)13-23-19-16(12-20)21-10-11-22-19/h2-11H,13H2,1H3,(H,22,23). The molecular weight excluding hydrogens is 300 g/mol. The topological polar surface area (TPSA) is 70.8 Å². The van der Waals surface area contributed by atoms with Gasteiger partial charge in [-0.05, 0) is 24.6 Å². The lowest BCUT2D eigenvalue weighted by Crippen LogP contribution is -2.05. The van der Waals surface area contributed by atoms with Gasteiger partial charge < -0.3 is 10.1 Å². The van der Waals surface area contributed by atoms with E-state index in [1.165, 1.54) is 6.20 Å². The number of aryl methyl sites for hydroxylation is 1. The lowest BCUT2D eigenvalue weighted by molar-refractivity contribution is 0.473. The number of anilines is 1. The summed E-state index contributed by atoms with van der Waals surface area (Å²) in [6.07, 6.45) is 3.05. The van der Waals surface area contributed by atoms with E-state index in [-0.39, 0.29) is 5.69 Å². The molecule has 1 aromatic heterocycles. The van der Waals surface area contributed by atoms with E-state index in [4.69, 9.17) is 10.00 Å². The molecule has 0 fully saturated rings. The van der Waals surface area contributed by atoms with Gasteiger partial charge in [0.15, 0.2) is 11.5 Å². The Morgan fingerprint density at radius 2 is 1.71 bits per heavy atom. The van der Waals surface area contributed by atoms with Gasteiger partial charge in [-0.1, -0.05) is 36.4 Å². The summed E-state index contributed by atoms with van der Waals surface area (Å²) in [5.41, 5.74) is 2.31. The summed E-state index contributed by atoms with van der Waals surface area (Å²) in [5.74, 6) is 2.05. The van der Waals surface area contributed by atoms with Crippen LogP contribution < -0.4 is 10.1 Å². The van der Waals surface area contributed by atoms with Gasteiger partial charge in [-0.2, -0.15) is 5.26 Å². The summed E-state index contributed by atoms with van der Waals surface area (Å²) in [4.78, 5) is 8.15. The molecule has 0 spiro atoms. The van der Waals surface area contributed by atoms with Gasteiger partial charge in [-0.25, -0.2) is 9.97 Å². The van der Waals surface area contributed by atoms with Gasteiger partial charge in [-0.3, -0.25) is 0 Å². The summed E-state index contributed by atoms with van der Waals surface area (Å²) >= 11 is 0. The van der Waals surface area contributed by atoms with Crippen LogP contribution in [0.5, 0.6) is 11.5 Å². The first-order valence-electron chi connectivity index (χ1n) is 7.54. The third-order valence-electron chi connectivity index (χ3n) is 3.54. The lowest BCUT2D eigenvalue weighted by Gasteiger charge is -2.13. The SMILES string of the molecule is Cc1ccccc1Oc1ccccc1CNc1nccnc1C#N. The first-order valence-corrected chi connectivity index (χ1v) is 7.54. The van der Waals surface area contributed by atoms with Crippen LogP contribution in [0.4, 0.5) is 5.82 Å². The average molecular weight is 316 g/mol. The molecule has 0 aliphatic rings. The van der Waals surface area contributed by atoms with Gasteiger partial charge in [0, 0.05) is 24.5 Å². The molecule has 3 rings (SSSR count). The van der Waals surface area contributed by atoms with E-state index in [0.717, 1.165) is 22.6 Å². The molecule has 24 heavy (non-hydrogen) atoms. The molecule has 0 aliphatic carbocycles. The molecule has 0 unspecified atom stereocenters. The minimum atomic E-state index is 0.273. The second-order valence-electron chi connectivity index (χ2n) is 5.19. The normalized spacial score (nSPS) is 10.0. The second-order valence-corrected chi connectivity index (χ2v) is 5.19. The average Bonchev–Trinajstić information content (AvgIpc) is 2.63. The largest absolute Gasteiger partial charge is 0.457 e. The molecule has 0 bridgehead atoms. The van der Waals surface area contributed by atoms with Crippen molar-refractivity contribution in [3.05, 3.63) is 77.7 Å². The Kier molecular flexibility index (Phi) is 4.68. The van der Waals surface area contributed by atoms with Crippen molar-refractivity contribution in [1.82, 2.24) is 9.97 Å². The summed E-state index contributed by atoms with van der Waals surface area (Å²) < 4.78 is 6.04. The fourth-order valence-corrected chi connectivity index (χ4v) is 2.27. The Balaban J connectivity index is 1.80. The highest BCUT2D eigenvalue weighted by Crippen LogP contribution is 2.28. The number of para-hydroxylation sites is 2. The number of ether oxygens (including phenoxy) is 1. The van der Waals surface area contributed by atoms with Crippen LogP contribution in [0.3, 0.4) is 0 Å². The van der Waals surface area contributed by atoms with Crippen molar-refractivity contribution >= 4 is 5.82 Å². The van der Waals surface area contributed by atoms with Crippen molar-refractivity contribution in [2.75, 3.05) is 5.32 Å². The minimum absolute atomic E-state index is 0.273. The minimum Gasteiger partial charge on any atom is -0.457 e. The highest BCUT2D eigenvalue weighted by atomic mass is 16.5. The van der Waals surface area contributed by atoms with E-state index in [2.05, 4.69) is 15.3 Å². The van der Waals surface area contributed by atoms with E-state index >= 15 is 0 Å². The summed E-state index contributed by atoms with van der Waals surface area (Å²) in [6.45, 7) is 2.49. The van der Waals surface area contributed by atoms with Crippen molar-refractivity contribution in [3.63, 3.8) is 0 Å². The highest BCUT2D eigenvalue weighted by Gasteiger charge is 2.08. The van der Waals surface area contributed by atoms with Crippen molar-refractivity contribution in [2.45, 2.75) is 13.5 Å². The van der Waals surface area contributed by atoms with E-state index in [0.29, 0.717) is 12.4 Å². The quantitative estimate of drug-likeness (QED) is 0.768. The maximum Gasteiger partial charge on any atom is 0.182 e. The molecule has 5 heteroatoms. The summed E-state index contributed by atoms with van der Waals surface area (Å²) in [7, 11) is 0. The van der Waals surface area contributed by atoms with Gasteiger partial charge in [0.25, 0.3) is 0 Å². The van der Waals surface area contributed by atoms with Crippen LogP contribution >= 0.6 is 0 Å². The number of nitrogens with zero attached hydrogens (tertiary/aromatic N) is 3. The number of hydrogen-bond donors (Lipinski definition) is 1. The molecule has 0 saturated heterocycles. The smallest absolute Gasteiger partial charge is 0.182 e. The van der Waals surface area contributed by atoms with Crippen molar-refractivity contribution in [1.29, 1.82) is 5.26 Å². The first kappa shape index (κ1) is 15.5. The Morgan fingerprint density at radius 3 is 2.50 bits per heavy atom. The van der Waals surface area contributed by atoms with Crippen LogP contribution in [-0.4, -0.2) is 9.97 Å². The lowest BCUT2D eigenvalue weighted by atomic mass is 10.2. The molecule has 0 radical (unpaired) electrons. The number of hydrogen-bond acceptors (Lipinski definition) is 5. The number of nitriles is 1. The number of rotatable bonds is 5. The molecule has 2 aromatic carbocycles. The van der Waals surface area contributed by atoms with Crippen molar-refractivity contribution in [3.8, 4) is 17.6 Å². The van der Waals surface area contributed by atoms with Gasteiger partial charge in [0.2, 0.25) is 0 Å². The highest BCUT2D eigenvalue weighted by molar-refractivity contribution is 5.48. The zero-order valence-corrected chi connectivity index (χ0v) is 13.2. The van der Waals surface area contributed by atoms with Crippen molar-refractivity contribution in [2.24, 2.45) is 0 Å². The van der Waals surface area contributed by atoms with Crippen molar-refractivity contribution < 1.29 is 4.74 Å². The summed E-state index contributed by atoms with van der Waals surface area (Å²) in [6, 6.07) is 17.7. The maximum absolute atomic E-state index is 9.08. The third-order valence-corrected chi connectivity index (χ3v) is 3.54. The first-order chi connectivity index (χ1) is 11.8. The molecular formula is C19H16N4O. The van der Waals surface area contributed by atoms with Crippen LogP contribution in [0, 0.1) is 18.3 Å². The molecule has 0 atom stereocenters. The Labute approximate surface area is 140 Å². The van der Waals surface area contributed by atoms with Crippen LogP contribution in [0.2, 0.25) is 0 Å². The monoisotopic (exact) mass is 316 g/mol. The molecule has 1 N–H and O–H groups in total. The maximum atomic E-state index is 9.08. The van der Waals surface area contributed by atoms with Crippen LogP contribution in [0.25, 0.3) is 0 Å². The fraction of sp³-hybridized carbons (Fsp3) is 0.105. The van der Waals surface area contributed by atoms with Gasteiger partial charge in [-0.15, -0.1) is 0 Å². The summed E-state index contributed by atoms with van der Waals surface area (Å²) in [5, 5.41) is 12.2.